The predicted octanol–water partition coefficient (Wildman–Crippen LogP) is 5.55. The summed E-state index contributed by atoms with van der Waals surface area (Å²) in [6, 6.07) is 17.2. The van der Waals surface area contributed by atoms with Crippen LogP contribution in [0.2, 0.25) is 0 Å². The van der Waals surface area contributed by atoms with Crippen molar-refractivity contribution in [2.45, 2.75) is 50.5 Å². The second-order valence-electron chi connectivity index (χ2n) is 6.98. The van der Waals surface area contributed by atoms with Crippen LogP contribution in [0.3, 0.4) is 0 Å². The van der Waals surface area contributed by atoms with E-state index >= 15 is 0 Å². The molecule has 3 nitrogen and oxygen atoms in total. The van der Waals surface area contributed by atoms with Crippen molar-refractivity contribution in [3.05, 3.63) is 66.6 Å². The molecule has 3 heteroatoms. The normalized spacial score (nSPS) is 21.4. The number of aromatic nitrogens is 2. The summed E-state index contributed by atoms with van der Waals surface area (Å²) in [5.41, 5.74) is 1.24. The Labute approximate surface area is 149 Å². The molecule has 25 heavy (non-hydrogen) atoms. The summed E-state index contributed by atoms with van der Waals surface area (Å²) >= 11 is 0. The molecule has 128 valence electrons. The number of rotatable bonds is 3. The van der Waals surface area contributed by atoms with E-state index in [0.717, 1.165) is 5.82 Å². The van der Waals surface area contributed by atoms with E-state index < -0.39 is 0 Å². The number of hydrogen-bond donors (Lipinski definition) is 1. The number of pyridine rings is 2. The highest BCUT2D eigenvalue weighted by molar-refractivity contribution is 5.84. The van der Waals surface area contributed by atoms with Gasteiger partial charge in [-0.1, -0.05) is 56.0 Å². The van der Waals surface area contributed by atoms with Crippen LogP contribution in [0.4, 0.5) is 5.82 Å². The quantitative estimate of drug-likeness (QED) is 0.684. The molecule has 0 radical (unpaired) electrons. The Bertz CT molecular complexity index is 810. The molecule has 0 saturated heterocycles. The molecule has 1 aliphatic carbocycles. The maximum Gasteiger partial charge on any atom is 0.126 e. The predicted molar refractivity (Wildman–Crippen MR) is 104 cm³/mol. The van der Waals surface area contributed by atoms with Crippen LogP contribution in [0.25, 0.3) is 10.8 Å². The summed E-state index contributed by atoms with van der Waals surface area (Å²) in [6.07, 6.45) is 11.4. The third-order valence-electron chi connectivity index (χ3n) is 5.32. The molecule has 1 saturated carbocycles. The van der Waals surface area contributed by atoms with Gasteiger partial charge in [-0.15, -0.1) is 0 Å². The zero-order valence-electron chi connectivity index (χ0n) is 14.6. The third kappa shape index (κ3) is 3.65. The molecule has 0 bridgehead atoms. The van der Waals surface area contributed by atoms with E-state index in [0.29, 0.717) is 12.0 Å². The molecule has 0 aliphatic heterocycles. The van der Waals surface area contributed by atoms with E-state index in [-0.39, 0.29) is 0 Å². The van der Waals surface area contributed by atoms with Gasteiger partial charge in [-0.05, 0) is 36.4 Å². The van der Waals surface area contributed by atoms with Gasteiger partial charge in [-0.2, -0.15) is 0 Å². The molecular weight excluding hydrogens is 306 g/mol. The number of nitrogens with zero attached hydrogens (tertiary/aromatic N) is 2. The largest absolute Gasteiger partial charge is 0.367 e. The zero-order chi connectivity index (χ0) is 16.9. The molecule has 2 aromatic heterocycles. The van der Waals surface area contributed by atoms with Gasteiger partial charge in [0.2, 0.25) is 0 Å². The first-order chi connectivity index (χ1) is 12.4. The highest BCUT2D eigenvalue weighted by Crippen LogP contribution is 2.35. The van der Waals surface area contributed by atoms with Crippen molar-refractivity contribution in [3.63, 3.8) is 0 Å². The minimum absolute atomic E-state index is 0.383. The van der Waals surface area contributed by atoms with Gasteiger partial charge >= 0.3 is 0 Å². The lowest BCUT2D eigenvalue weighted by molar-refractivity contribution is 0.417. The summed E-state index contributed by atoms with van der Waals surface area (Å²) in [5, 5.41) is 6.29. The van der Waals surface area contributed by atoms with Crippen LogP contribution in [-0.2, 0) is 0 Å². The Morgan fingerprint density at radius 1 is 0.760 bits per heavy atom. The molecule has 4 rings (SSSR count). The Balaban J connectivity index is 1.71. The Kier molecular flexibility index (Phi) is 4.91. The molecule has 3 aromatic rings. The fourth-order valence-electron chi connectivity index (χ4n) is 4.06. The number of benzene rings is 1. The lowest BCUT2D eigenvalue weighted by atomic mass is 9.83. The minimum atomic E-state index is 0.383. The molecule has 1 aliphatic rings. The van der Waals surface area contributed by atoms with Crippen molar-refractivity contribution in [2.24, 2.45) is 0 Å². The van der Waals surface area contributed by atoms with Gasteiger partial charge in [0.15, 0.2) is 0 Å². The lowest BCUT2D eigenvalue weighted by Crippen LogP contribution is -2.30. The van der Waals surface area contributed by atoms with Gasteiger partial charge in [0.05, 0.1) is 5.69 Å². The first-order valence-corrected chi connectivity index (χ1v) is 9.43. The number of nitrogens with one attached hydrogen (secondary N) is 1. The van der Waals surface area contributed by atoms with Crippen LogP contribution in [0.15, 0.2) is 60.9 Å². The summed E-state index contributed by atoms with van der Waals surface area (Å²) in [6.45, 7) is 0. The van der Waals surface area contributed by atoms with E-state index in [9.17, 15) is 0 Å². The first kappa shape index (κ1) is 16.1. The third-order valence-corrected chi connectivity index (χ3v) is 5.32. The first-order valence-electron chi connectivity index (χ1n) is 9.43. The van der Waals surface area contributed by atoms with Crippen molar-refractivity contribution in [1.29, 1.82) is 0 Å². The second kappa shape index (κ2) is 7.64. The average Bonchev–Trinajstić information content (AvgIpc) is 2.65. The van der Waals surface area contributed by atoms with E-state index in [4.69, 9.17) is 4.98 Å². The number of fused-ring (bicyclic) bond motifs is 1. The van der Waals surface area contributed by atoms with Crippen LogP contribution in [-0.4, -0.2) is 16.0 Å². The van der Waals surface area contributed by atoms with Crippen molar-refractivity contribution in [2.75, 3.05) is 5.32 Å². The van der Waals surface area contributed by atoms with Crippen molar-refractivity contribution in [1.82, 2.24) is 9.97 Å². The summed E-state index contributed by atoms with van der Waals surface area (Å²) in [5.74, 6) is 1.40. The van der Waals surface area contributed by atoms with Gasteiger partial charge in [-0.25, -0.2) is 4.98 Å². The fraction of sp³-hybridized carbons (Fsp3) is 0.364. The van der Waals surface area contributed by atoms with E-state index in [1.807, 2.05) is 24.5 Å². The van der Waals surface area contributed by atoms with Crippen molar-refractivity contribution in [3.8, 4) is 0 Å². The zero-order valence-corrected chi connectivity index (χ0v) is 14.6. The van der Waals surface area contributed by atoms with Gasteiger partial charge in [-0.3, -0.25) is 4.98 Å². The molecule has 0 spiro atoms. The molecule has 1 N–H and O–H groups in total. The van der Waals surface area contributed by atoms with Gasteiger partial charge in [0.1, 0.15) is 5.82 Å². The van der Waals surface area contributed by atoms with Crippen LogP contribution in [0.5, 0.6) is 0 Å². The SMILES string of the molecule is c1ccc(N[C@@H]2CCCCCC[C@H]2c2nccc3ccccc23)nc1. The fourth-order valence-corrected chi connectivity index (χ4v) is 4.06. The Hall–Kier alpha value is -2.42. The maximum atomic E-state index is 4.83. The molecule has 2 atom stereocenters. The molecule has 0 amide bonds. The van der Waals surface area contributed by atoms with E-state index in [1.165, 1.54) is 55.0 Å². The highest BCUT2D eigenvalue weighted by atomic mass is 15.0. The number of hydrogen-bond acceptors (Lipinski definition) is 3. The average molecular weight is 331 g/mol. The second-order valence-corrected chi connectivity index (χ2v) is 6.98. The van der Waals surface area contributed by atoms with Gasteiger partial charge in [0, 0.05) is 29.7 Å². The van der Waals surface area contributed by atoms with Crippen LogP contribution >= 0.6 is 0 Å². The van der Waals surface area contributed by atoms with Gasteiger partial charge in [0.25, 0.3) is 0 Å². The number of anilines is 1. The molecular formula is C22H25N3. The van der Waals surface area contributed by atoms with Crippen LogP contribution < -0.4 is 5.32 Å². The summed E-state index contributed by atoms with van der Waals surface area (Å²) < 4.78 is 0. The molecule has 0 unspecified atom stereocenters. The van der Waals surface area contributed by atoms with Crippen LogP contribution in [0, 0.1) is 0 Å². The minimum Gasteiger partial charge on any atom is -0.367 e. The standard InChI is InChI=1S/C22H25N3/c1-2-4-12-20(25-21-13-7-8-15-23-21)19(11-3-1)22-18-10-6-5-9-17(18)14-16-24-22/h5-10,13-16,19-20H,1-4,11-12H2,(H,23,25)/t19-,20-/m1/s1. The highest BCUT2D eigenvalue weighted by Gasteiger charge is 2.27. The Morgan fingerprint density at radius 3 is 2.48 bits per heavy atom. The lowest BCUT2D eigenvalue weighted by Gasteiger charge is -2.31. The van der Waals surface area contributed by atoms with E-state index in [2.05, 4.69) is 46.7 Å². The van der Waals surface area contributed by atoms with Gasteiger partial charge < -0.3 is 5.32 Å². The summed E-state index contributed by atoms with van der Waals surface area (Å²) in [4.78, 5) is 9.32. The summed E-state index contributed by atoms with van der Waals surface area (Å²) in [7, 11) is 0. The maximum absolute atomic E-state index is 4.83. The smallest absolute Gasteiger partial charge is 0.126 e. The molecule has 1 aromatic carbocycles. The topological polar surface area (TPSA) is 37.8 Å². The Morgan fingerprint density at radius 2 is 1.60 bits per heavy atom. The van der Waals surface area contributed by atoms with Crippen molar-refractivity contribution >= 4 is 16.6 Å². The molecule has 1 fully saturated rings. The monoisotopic (exact) mass is 331 g/mol. The van der Waals surface area contributed by atoms with Crippen LogP contribution in [0.1, 0.15) is 50.1 Å². The van der Waals surface area contributed by atoms with Crippen molar-refractivity contribution < 1.29 is 0 Å². The molecule has 2 heterocycles. The van der Waals surface area contributed by atoms with E-state index in [1.54, 1.807) is 0 Å².